The van der Waals surface area contributed by atoms with E-state index < -0.39 is 22.9 Å². The van der Waals surface area contributed by atoms with Crippen molar-refractivity contribution in [3.63, 3.8) is 0 Å². The summed E-state index contributed by atoms with van der Waals surface area (Å²) in [5, 5.41) is 34.6. The number of hydroxylamine groups is 2. The zero-order chi connectivity index (χ0) is 35.8. The van der Waals surface area contributed by atoms with Crippen LogP contribution in [0.25, 0.3) is 55.0 Å². The maximum Gasteiger partial charge on any atom is 0.534 e. The number of nitrogens with one attached hydrogen (secondary N) is 3. The molecule has 11 nitrogen and oxygen atoms in total. The van der Waals surface area contributed by atoms with E-state index in [2.05, 4.69) is 75.9 Å². The van der Waals surface area contributed by atoms with Crippen molar-refractivity contribution in [2.75, 3.05) is 19.8 Å². The van der Waals surface area contributed by atoms with Crippen LogP contribution >= 0.6 is 0 Å². The first-order valence-electron chi connectivity index (χ1n) is 19.3. The first-order chi connectivity index (χ1) is 25.8. The van der Waals surface area contributed by atoms with Gasteiger partial charge in [-0.3, -0.25) is 0 Å². The van der Waals surface area contributed by atoms with Gasteiger partial charge in [0.25, 0.3) is 0 Å². The Hall–Kier alpha value is -4.65. The summed E-state index contributed by atoms with van der Waals surface area (Å²) in [5.41, 5.74) is 6.15. The summed E-state index contributed by atoms with van der Waals surface area (Å²) >= 11 is 0. The van der Waals surface area contributed by atoms with Crippen LogP contribution in [0, 0.1) is 17.0 Å². The molecule has 3 aliphatic heterocycles. The third-order valence-corrected chi connectivity index (χ3v) is 12.9. The Morgan fingerprint density at radius 2 is 1.64 bits per heavy atom. The molecule has 0 radical (unpaired) electrons. The fraction of sp³-hybridized carbons (Fsp3) is 0.405. The van der Waals surface area contributed by atoms with Crippen molar-refractivity contribution < 1.29 is 19.4 Å². The number of aromatic nitrogens is 4. The van der Waals surface area contributed by atoms with Crippen LogP contribution in [0.5, 0.6) is 0 Å². The molecule has 5 heterocycles. The normalized spacial score (nSPS) is 25.5. The fourth-order valence-electron chi connectivity index (χ4n) is 9.94. The molecule has 1 aliphatic carbocycles. The van der Waals surface area contributed by atoms with Crippen molar-refractivity contribution in [1.29, 1.82) is 0 Å². The zero-order valence-electron chi connectivity index (χ0n) is 29.9. The number of ether oxygens (including phenoxy) is 1. The summed E-state index contributed by atoms with van der Waals surface area (Å²) in [4.78, 5) is 29.6. The van der Waals surface area contributed by atoms with Gasteiger partial charge in [0, 0.05) is 42.7 Å². The largest absolute Gasteiger partial charge is 0.601 e. The van der Waals surface area contributed by atoms with E-state index in [0.29, 0.717) is 62.8 Å². The lowest BCUT2D eigenvalue weighted by molar-refractivity contribution is -0.956. The van der Waals surface area contributed by atoms with Crippen molar-refractivity contribution in [2.45, 2.75) is 76.0 Å². The molecular weight excluding hydrogens is 667 g/mol. The predicted molar refractivity (Wildman–Crippen MR) is 204 cm³/mol. The minimum Gasteiger partial charge on any atom is -0.601 e. The standard InChI is InChI=1S/C42H45N7O4/c1-24(25-14-17-53-18-15-25)49(52,42(50)51)48-16-2-3-37(48)40-45-35-13-10-30-20-29(9-12-34(30)39(35)47-40)26-4-5-28-21-31(7-6-27(28)19-26)36-23-43-41(46-36)38-32-8-11-33(22-32)44-38/h4-7,9-10,12-13,19-21,23-25,32-33,37-38,44H,2-3,8,11,14-18,22H2,1H3,(H,43,46)(H,45,47)(H,50,51)/t24?,32-,33+,37?,38-,49?/m0/s1. The Balaban J connectivity index is 0.914. The summed E-state index contributed by atoms with van der Waals surface area (Å²) in [6.07, 6.45) is 7.24. The quantitative estimate of drug-likeness (QED) is 0.0953. The van der Waals surface area contributed by atoms with Crippen molar-refractivity contribution >= 4 is 38.7 Å². The van der Waals surface area contributed by atoms with Crippen molar-refractivity contribution in [1.82, 2.24) is 30.3 Å². The molecule has 0 spiro atoms. The molecule has 1 amide bonds. The van der Waals surface area contributed by atoms with Crippen LogP contribution in [0.4, 0.5) is 4.79 Å². The molecule has 4 aromatic carbocycles. The van der Waals surface area contributed by atoms with Crippen molar-refractivity contribution in [3.05, 3.63) is 89.8 Å². The number of aromatic amines is 2. The van der Waals surface area contributed by atoms with Crippen molar-refractivity contribution in [2.24, 2.45) is 11.8 Å². The van der Waals surface area contributed by atoms with Crippen LogP contribution in [0.2, 0.25) is 0 Å². The molecule has 1 saturated carbocycles. The number of hydrogen-bond acceptors (Lipinski definition) is 7. The average Bonchev–Trinajstić information content (AvgIpc) is 4.05. The molecule has 2 aromatic heterocycles. The Bertz CT molecular complexity index is 2360. The van der Waals surface area contributed by atoms with Crippen molar-refractivity contribution in [3.8, 4) is 22.4 Å². The van der Waals surface area contributed by atoms with Crippen LogP contribution in [0.1, 0.15) is 75.6 Å². The molecule has 272 valence electrons. The summed E-state index contributed by atoms with van der Waals surface area (Å²) in [6, 6.07) is 23.8. The number of quaternary nitrogens is 1. The van der Waals surface area contributed by atoms with Gasteiger partial charge < -0.3 is 30.3 Å². The van der Waals surface area contributed by atoms with Gasteiger partial charge >= 0.3 is 6.09 Å². The van der Waals surface area contributed by atoms with E-state index in [1.165, 1.54) is 30.0 Å². The molecule has 53 heavy (non-hydrogen) atoms. The number of benzene rings is 4. The summed E-state index contributed by atoms with van der Waals surface area (Å²) < 4.78 is 4.12. The van der Waals surface area contributed by atoms with E-state index in [-0.39, 0.29) is 5.92 Å². The molecule has 2 bridgehead atoms. The molecule has 11 heteroatoms. The third kappa shape index (κ3) is 5.48. The van der Waals surface area contributed by atoms with E-state index in [4.69, 9.17) is 14.7 Å². The van der Waals surface area contributed by atoms with Gasteiger partial charge in [-0.1, -0.05) is 42.5 Å². The highest BCUT2D eigenvalue weighted by atomic mass is 16.7. The highest BCUT2D eigenvalue weighted by Crippen LogP contribution is 2.43. The highest BCUT2D eigenvalue weighted by molar-refractivity contribution is 6.05. The Morgan fingerprint density at radius 1 is 0.906 bits per heavy atom. The fourth-order valence-corrected chi connectivity index (χ4v) is 9.94. The number of nitrogens with zero attached hydrogens (tertiary/aromatic N) is 4. The second kappa shape index (κ2) is 12.7. The predicted octanol–water partition coefficient (Wildman–Crippen LogP) is 8.60. The summed E-state index contributed by atoms with van der Waals surface area (Å²) in [6.45, 7) is 3.32. The molecule has 3 saturated heterocycles. The Morgan fingerprint density at radius 3 is 2.40 bits per heavy atom. The van der Waals surface area contributed by atoms with E-state index in [1.54, 1.807) is 11.9 Å². The number of hydrogen-bond donors (Lipinski definition) is 4. The van der Waals surface area contributed by atoms with E-state index in [1.807, 2.05) is 12.3 Å². The van der Waals surface area contributed by atoms with Gasteiger partial charge in [-0.2, -0.15) is 9.55 Å². The molecule has 4 aliphatic rings. The number of amides is 1. The first-order valence-corrected chi connectivity index (χ1v) is 19.3. The first kappa shape index (κ1) is 33.0. The minimum atomic E-state index is -1.38. The van der Waals surface area contributed by atoms with Gasteiger partial charge in [-0.15, -0.1) is 5.01 Å². The highest BCUT2D eigenvalue weighted by Gasteiger charge is 2.50. The maximum atomic E-state index is 14.4. The van der Waals surface area contributed by atoms with Gasteiger partial charge in [0.1, 0.15) is 23.7 Å². The van der Waals surface area contributed by atoms with Gasteiger partial charge in [0.05, 0.1) is 29.0 Å². The number of imidazole rings is 2. The average molecular weight is 712 g/mol. The van der Waals surface area contributed by atoms with Crippen LogP contribution in [0.15, 0.2) is 72.9 Å². The van der Waals surface area contributed by atoms with Crippen LogP contribution < -0.4 is 5.32 Å². The van der Waals surface area contributed by atoms with Gasteiger partial charge in [-0.25, -0.2) is 9.97 Å². The SMILES string of the molecule is CC(C1CCOCC1)[N+]([O-])(C(=O)O)N1CCCC1c1nc2c(ccc3cc(-c4ccc5cc(-c6cnc([C@H]7N[C@@H]8CC[C@H]7C8)[nH]6)ccc5c4)ccc32)[nH]1. The lowest BCUT2D eigenvalue weighted by Gasteiger charge is -2.50. The third-order valence-electron chi connectivity index (χ3n) is 12.9. The van der Waals surface area contributed by atoms with Gasteiger partial charge in [0.2, 0.25) is 0 Å². The monoisotopic (exact) mass is 711 g/mol. The topological polar surface area (TPSA) is 142 Å². The maximum absolute atomic E-state index is 14.4. The number of rotatable bonds is 7. The summed E-state index contributed by atoms with van der Waals surface area (Å²) in [5.74, 6) is 2.38. The van der Waals surface area contributed by atoms with E-state index in [0.717, 1.165) is 56.4 Å². The molecule has 6 aromatic rings. The molecule has 4 fully saturated rings. The lowest BCUT2D eigenvalue weighted by atomic mass is 9.92. The molecule has 3 unspecified atom stereocenters. The smallest absolute Gasteiger partial charge is 0.534 e. The van der Waals surface area contributed by atoms with Gasteiger partial charge in [0.15, 0.2) is 0 Å². The van der Waals surface area contributed by atoms with E-state index >= 15 is 0 Å². The summed E-state index contributed by atoms with van der Waals surface area (Å²) in [7, 11) is 0. The number of piperidine rings is 1. The molecule has 10 rings (SSSR count). The zero-order valence-corrected chi connectivity index (χ0v) is 29.9. The lowest BCUT2D eigenvalue weighted by Crippen LogP contribution is -2.65. The van der Waals surface area contributed by atoms with Crippen LogP contribution in [-0.2, 0) is 4.74 Å². The Kier molecular flexibility index (Phi) is 7.92. The second-order valence-electron chi connectivity index (χ2n) is 15.8. The molecule has 6 atom stereocenters. The minimum absolute atomic E-state index is 0.0167. The van der Waals surface area contributed by atoms with Gasteiger partial charge in [-0.05, 0) is 109 Å². The number of fused-ring (bicyclic) bond motifs is 6. The van der Waals surface area contributed by atoms with Crippen LogP contribution in [0.3, 0.4) is 0 Å². The number of carbonyl (C=O) groups is 1. The molecule has 4 N–H and O–H groups in total. The Labute approximate surface area is 307 Å². The molecular formula is C42H45N7O4. The number of H-pyrrole nitrogens is 2. The van der Waals surface area contributed by atoms with E-state index in [9.17, 15) is 15.1 Å². The second-order valence-corrected chi connectivity index (χ2v) is 15.8. The number of carboxylic acid groups (broad SMARTS) is 1. The van der Waals surface area contributed by atoms with Crippen LogP contribution in [-0.4, -0.2) is 72.7 Å².